The number of nitrogens with zero attached hydrogens (tertiary/aromatic N) is 1. The van der Waals surface area contributed by atoms with E-state index in [1.165, 1.54) is 0 Å². The van der Waals surface area contributed by atoms with Gasteiger partial charge in [0.05, 0.1) is 25.4 Å². The first-order valence-electron chi connectivity index (χ1n) is 8.13. The van der Waals surface area contributed by atoms with Gasteiger partial charge in [-0.1, -0.05) is 18.9 Å². The van der Waals surface area contributed by atoms with Crippen molar-refractivity contribution in [2.75, 3.05) is 13.6 Å². The zero-order chi connectivity index (χ0) is 24.3. The lowest BCUT2D eigenvalue weighted by molar-refractivity contribution is -0.829. The predicted molar refractivity (Wildman–Crippen MR) is 84.7 cm³/mol. The summed E-state index contributed by atoms with van der Waals surface area (Å²) in [6.45, 7) is 4.73. The maximum atomic E-state index is 11.7. The number of hydrogen-bond donors (Lipinski definition) is 3. The molecule has 1 aliphatic heterocycles. The fraction of sp³-hybridized carbons (Fsp3) is 0.600. The molecule has 0 saturated carbocycles. The topological polar surface area (TPSA) is 154 Å². The van der Waals surface area contributed by atoms with Gasteiger partial charge in [0.2, 0.25) is 0 Å². The smallest absolute Gasteiger partial charge is 0.430 e. The third kappa shape index (κ3) is 15.3. The second-order valence-corrected chi connectivity index (χ2v) is 6.23. The summed E-state index contributed by atoms with van der Waals surface area (Å²) in [6, 6.07) is -0.163. The maximum Gasteiger partial charge on any atom is 0.430 e. The highest BCUT2D eigenvalue weighted by molar-refractivity contribution is 5.84. The van der Waals surface area contributed by atoms with Gasteiger partial charge in [-0.05, 0) is 5.92 Å². The second-order valence-electron chi connectivity index (χ2n) is 6.23. The number of amides is 1. The first-order chi connectivity index (χ1) is 13.4. The van der Waals surface area contributed by atoms with E-state index in [-0.39, 0.29) is 11.9 Å². The van der Waals surface area contributed by atoms with Crippen LogP contribution in [-0.4, -0.2) is 56.0 Å². The summed E-state index contributed by atoms with van der Waals surface area (Å²) in [6.07, 6.45) is -5.80. The van der Waals surface area contributed by atoms with Crippen LogP contribution in [0.15, 0.2) is 16.9 Å². The van der Waals surface area contributed by atoms with Crippen molar-refractivity contribution < 1.29 is 61.7 Å². The largest absolute Gasteiger partial charge is 0.542 e. The molecule has 0 saturated heterocycles. The SMILES string of the molecule is CC(C)C[C@H]([NH3+])C(=O)NCC1=C[NH+](C)N=C1.O=C([O-])C(F)(F)F.O=C([O-])C(F)(F)F. The molecule has 1 amide bonds. The summed E-state index contributed by atoms with van der Waals surface area (Å²) in [4.78, 5) is 29.2. The van der Waals surface area contributed by atoms with E-state index in [1.54, 1.807) is 6.21 Å². The Morgan fingerprint density at radius 1 is 1.10 bits per heavy atom. The Bertz CT molecular complexity index is 622. The van der Waals surface area contributed by atoms with E-state index in [1.807, 2.05) is 13.2 Å². The van der Waals surface area contributed by atoms with Gasteiger partial charge in [0.25, 0.3) is 5.91 Å². The molecule has 0 fully saturated rings. The summed E-state index contributed by atoms with van der Waals surface area (Å²) in [5.41, 5.74) is 4.91. The summed E-state index contributed by atoms with van der Waals surface area (Å²) >= 11 is 0. The van der Waals surface area contributed by atoms with Crippen LogP contribution in [-0.2, 0) is 14.4 Å². The molecular weight excluding hydrogens is 430 g/mol. The van der Waals surface area contributed by atoms with Crippen molar-refractivity contribution in [2.45, 2.75) is 38.7 Å². The molecule has 1 unspecified atom stereocenters. The third-order valence-electron chi connectivity index (χ3n) is 2.88. The van der Waals surface area contributed by atoms with Gasteiger partial charge in [0.1, 0.15) is 18.1 Å². The van der Waals surface area contributed by atoms with Crippen LogP contribution in [0.3, 0.4) is 0 Å². The third-order valence-corrected chi connectivity index (χ3v) is 2.88. The molecule has 0 aliphatic carbocycles. The molecule has 5 N–H and O–H groups in total. The molecule has 1 rings (SSSR count). The molecule has 0 radical (unpaired) electrons. The van der Waals surface area contributed by atoms with Crippen LogP contribution in [0.1, 0.15) is 20.3 Å². The van der Waals surface area contributed by atoms with Crippen LogP contribution in [0.25, 0.3) is 0 Å². The number of quaternary nitrogens is 2. The second kappa shape index (κ2) is 12.8. The zero-order valence-corrected chi connectivity index (χ0v) is 16.2. The number of nitrogens with one attached hydrogen (secondary N) is 2. The first kappa shape index (κ1) is 29.5. The van der Waals surface area contributed by atoms with E-state index >= 15 is 0 Å². The molecular formula is C15H22F6N4O5. The number of carboxylic acid groups (broad SMARTS) is 2. The molecule has 0 aromatic heterocycles. The Morgan fingerprint density at radius 3 is 1.77 bits per heavy atom. The molecule has 30 heavy (non-hydrogen) atoms. The standard InChI is InChI=1S/C11H20N4O.2C2HF3O2/c1-8(2)4-10(12)11(16)13-5-9-6-14-15(3)7-9;2*3-2(4,5)1(6)7/h6-8,10H,4-5,12H2,1-3H3,(H,13,16);2*(H,6,7)/t10-;;/m0../s1. The van der Waals surface area contributed by atoms with Crippen molar-refractivity contribution in [1.82, 2.24) is 5.32 Å². The zero-order valence-electron chi connectivity index (χ0n) is 16.2. The summed E-state index contributed by atoms with van der Waals surface area (Å²) in [5, 5.41) is 25.6. The lowest BCUT2D eigenvalue weighted by Gasteiger charge is -2.10. The summed E-state index contributed by atoms with van der Waals surface area (Å²) in [5.74, 6) is -5.50. The van der Waals surface area contributed by atoms with E-state index < -0.39 is 24.3 Å². The van der Waals surface area contributed by atoms with E-state index in [2.05, 4.69) is 30.0 Å². The minimum atomic E-state index is -5.19. The van der Waals surface area contributed by atoms with E-state index in [9.17, 15) is 31.1 Å². The number of carbonyl (C=O) groups excluding carboxylic acids is 3. The van der Waals surface area contributed by atoms with Gasteiger partial charge in [-0.25, -0.2) is 0 Å². The number of hydrogen-bond acceptors (Lipinski definition) is 6. The normalized spacial score (nSPS) is 16.5. The Kier molecular flexibility index (Phi) is 12.6. The highest BCUT2D eigenvalue weighted by Crippen LogP contribution is 2.12. The van der Waals surface area contributed by atoms with Crippen molar-refractivity contribution in [1.29, 1.82) is 0 Å². The van der Waals surface area contributed by atoms with Gasteiger partial charge >= 0.3 is 12.4 Å². The molecule has 0 spiro atoms. The van der Waals surface area contributed by atoms with Crippen LogP contribution in [0.2, 0.25) is 0 Å². The molecule has 15 heteroatoms. The van der Waals surface area contributed by atoms with Crippen LogP contribution in [0.5, 0.6) is 0 Å². The van der Waals surface area contributed by atoms with Crippen molar-refractivity contribution in [2.24, 2.45) is 11.0 Å². The fourth-order valence-corrected chi connectivity index (χ4v) is 1.63. The van der Waals surface area contributed by atoms with Gasteiger partial charge in [-0.15, -0.1) is 0 Å². The number of carbonyl (C=O) groups is 3. The van der Waals surface area contributed by atoms with Gasteiger partial charge in [-0.3, -0.25) is 4.79 Å². The lowest BCUT2D eigenvalue weighted by Crippen LogP contribution is -2.97. The van der Waals surface area contributed by atoms with Gasteiger partial charge in [-0.2, -0.15) is 31.4 Å². The van der Waals surface area contributed by atoms with E-state index in [0.717, 1.165) is 17.0 Å². The monoisotopic (exact) mass is 452 g/mol. The van der Waals surface area contributed by atoms with Crippen molar-refractivity contribution in [3.8, 4) is 0 Å². The fourth-order valence-electron chi connectivity index (χ4n) is 1.63. The highest BCUT2D eigenvalue weighted by Gasteiger charge is 2.29. The lowest BCUT2D eigenvalue weighted by atomic mass is 10.0. The maximum absolute atomic E-state index is 11.7. The van der Waals surface area contributed by atoms with Crippen molar-refractivity contribution in [3.63, 3.8) is 0 Å². The number of aliphatic carboxylic acids is 2. The van der Waals surface area contributed by atoms with Crippen LogP contribution in [0, 0.1) is 5.92 Å². The molecule has 174 valence electrons. The molecule has 1 heterocycles. The Hall–Kier alpha value is -2.68. The minimum absolute atomic E-state index is 0.0209. The van der Waals surface area contributed by atoms with E-state index in [0.29, 0.717) is 12.5 Å². The first-order valence-corrected chi connectivity index (χ1v) is 8.13. The number of halogens is 6. The van der Waals surface area contributed by atoms with Crippen LogP contribution >= 0.6 is 0 Å². The highest BCUT2D eigenvalue weighted by atomic mass is 19.4. The van der Waals surface area contributed by atoms with Crippen molar-refractivity contribution in [3.05, 3.63) is 11.8 Å². The number of rotatable bonds is 5. The number of alkyl halides is 6. The summed E-state index contributed by atoms with van der Waals surface area (Å²) < 4.78 is 63.1. The quantitative estimate of drug-likeness (QED) is 0.374. The molecule has 2 atom stereocenters. The molecule has 0 aromatic carbocycles. The summed E-state index contributed by atoms with van der Waals surface area (Å²) in [7, 11) is 1.94. The van der Waals surface area contributed by atoms with Crippen molar-refractivity contribution >= 4 is 24.1 Å². The number of carboxylic acids is 2. The van der Waals surface area contributed by atoms with Gasteiger partial charge in [0.15, 0.2) is 6.04 Å². The average Bonchev–Trinajstić information content (AvgIpc) is 2.96. The minimum Gasteiger partial charge on any atom is -0.542 e. The van der Waals surface area contributed by atoms with E-state index in [4.69, 9.17) is 19.8 Å². The van der Waals surface area contributed by atoms with Crippen LogP contribution in [0.4, 0.5) is 26.3 Å². The molecule has 0 aromatic rings. The molecule has 1 aliphatic rings. The van der Waals surface area contributed by atoms with Crippen LogP contribution < -0.4 is 26.3 Å². The Morgan fingerprint density at radius 2 is 1.50 bits per heavy atom. The Labute approximate surface area is 167 Å². The average molecular weight is 452 g/mol. The Balaban J connectivity index is 0. The predicted octanol–water partition coefficient (Wildman–Crippen LogP) is -3.25. The molecule has 0 bridgehead atoms. The molecule has 9 nitrogen and oxygen atoms in total. The van der Waals surface area contributed by atoms with Gasteiger partial charge in [0, 0.05) is 6.42 Å². The van der Waals surface area contributed by atoms with Gasteiger partial charge < -0.3 is 30.9 Å².